The number of aromatic nitrogens is 1. The van der Waals surface area contributed by atoms with E-state index in [9.17, 15) is 9.59 Å². The number of amides is 2. The lowest BCUT2D eigenvalue weighted by Crippen LogP contribution is -2.34. The Hall–Kier alpha value is -2.56. The Balaban J connectivity index is 1.79. The van der Waals surface area contributed by atoms with Crippen molar-refractivity contribution >= 4 is 11.8 Å². The molecule has 2 aromatic rings. The first-order valence-electron chi connectivity index (χ1n) is 7.49. The van der Waals surface area contributed by atoms with Gasteiger partial charge >= 0.3 is 0 Å². The Bertz CT molecular complexity index is 603. The predicted molar refractivity (Wildman–Crippen MR) is 86.0 cm³/mol. The first-order chi connectivity index (χ1) is 10.7. The predicted octanol–water partition coefficient (Wildman–Crippen LogP) is 2.12. The van der Waals surface area contributed by atoms with Crippen molar-refractivity contribution in [3.05, 3.63) is 54.4 Å². The molecule has 2 rings (SSSR count). The zero-order chi connectivity index (χ0) is 15.8. The molecule has 0 fully saturated rings. The standard InChI is InChI=1S/C17H21N3O2/c1-2-5-16(21)18-10-11-19-17(22)14-6-8-15(9-7-14)20-12-3-4-13-20/h3-4,6-9,12-13H,2,5,10-11H2,1H3,(H,18,21)(H,19,22). The average Bonchev–Trinajstić information content (AvgIpc) is 3.06. The largest absolute Gasteiger partial charge is 0.354 e. The summed E-state index contributed by atoms with van der Waals surface area (Å²) in [7, 11) is 0. The summed E-state index contributed by atoms with van der Waals surface area (Å²) in [6.45, 7) is 2.83. The molecule has 5 heteroatoms. The summed E-state index contributed by atoms with van der Waals surface area (Å²) in [5, 5.41) is 5.55. The number of nitrogens with one attached hydrogen (secondary N) is 2. The molecule has 0 aliphatic rings. The zero-order valence-electron chi connectivity index (χ0n) is 12.7. The molecular weight excluding hydrogens is 278 g/mol. The molecule has 1 heterocycles. The van der Waals surface area contributed by atoms with Gasteiger partial charge in [0, 0.05) is 43.2 Å². The van der Waals surface area contributed by atoms with Gasteiger partial charge in [0.05, 0.1) is 0 Å². The summed E-state index contributed by atoms with van der Waals surface area (Å²) in [5.74, 6) is -0.114. The molecule has 0 bridgehead atoms. The van der Waals surface area contributed by atoms with Crippen LogP contribution in [0.15, 0.2) is 48.8 Å². The van der Waals surface area contributed by atoms with Crippen LogP contribution in [0, 0.1) is 0 Å². The van der Waals surface area contributed by atoms with Crippen molar-refractivity contribution in [2.45, 2.75) is 19.8 Å². The van der Waals surface area contributed by atoms with Gasteiger partial charge in [0.2, 0.25) is 5.91 Å². The Labute approximate surface area is 130 Å². The van der Waals surface area contributed by atoms with E-state index in [4.69, 9.17) is 0 Å². The SMILES string of the molecule is CCCC(=O)NCCNC(=O)c1ccc(-n2cccc2)cc1. The lowest BCUT2D eigenvalue weighted by Gasteiger charge is -2.08. The fourth-order valence-electron chi connectivity index (χ4n) is 2.09. The van der Waals surface area contributed by atoms with Gasteiger partial charge in [0.1, 0.15) is 0 Å². The number of rotatable bonds is 7. The number of hydrogen-bond acceptors (Lipinski definition) is 2. The molecule has 0 atom stereocenters. The van der Waals surface area contributed by atoms with Crippen molar-refractivity contribution in [3.63, 3.8) is 0 Å². The molecule has 0 aliphatic carbocycles. The highest BCUT2D eigenvalue weighted by atomic mass is 16.2. The number of hydrogen-bond donors (Lipinski definition) is 2. The minimum atomic E-state index is -0.135. The topological polar surface area (TPSA) is 63.1 Å². The number of nitrogens with zero attached hydrogens (tertiary/aromatic N) is 1. The van der Waals surface area contributed by atoms with Crippen molar-refractivity contribution in [1.29, 1.82) is 0 Å². The van der Waals surface area contributed by atoms with Crippen LogP contribution in [-0.4, -0.2) is 29.5 Å². The molecular formula is C17H21N3O2. The van der Waals surface area contributed by atoms with Crippen LogP contribution >= 0.6 is 0 Å². The fourth-order valence-corrected chi connectivity index (χ4v) is 2.09. The molecule has 22 heavy (non-hydrogen) atoms. The Morgan fingerprint density at radius 1 is 1.00 bits per heavy atom. The minimum Gasteiger partial charge on any atom is -0.354 e. The summed E-state index contributed by atoms with van der Waals surface area (Å²) < 4.78 is 1.98. The molecule has 0 saturated carbocycles. The van der Waals surface area contributed by atoms with E-state index in [0.717, 1.165) is 12.1 Å². The van der Waals surface area contributed by atoms with Crippen molar-refractivity contribution in [1.82, 2.24) is 15.2 Å². The second kappa shape index (κ2) is 8.02. The number of carbonyl (C=O) groups is 2. The van der Waals surface area contributed by atoms with Gasteiger partial charge < -0.3 is 15.2 Å². The summed E-state index contributed by atoms with van der Waals surface area (Å²) in [6, 6.07) is 11.3. The Morgan fingerprint density at radius 3 is 2.27 bits per heavy atom. The molecule has 0 aliphatic heterocycles. The second-order valence-electron chi connectivity index (χ2n) is 4.99. The summed E-state index contributed by atoms with van der Waals surface area (Å²) in [5.41, 5.74) is 1.61. The first kappa shape index (κ1) is 15.8. The van der Waals surface area contributed by atoms with Crippen LogP contribution in [0.25, 0.3) is 5.69 Å². The van der Waals surface area contributed by atoms with Gasteiger partial charge in [-0.05, 0) is 42.8 Å². The lowest BCUT2D eigenvalue weighted by atomic mass is 10.2. The maximum atomic E-state index is 12.0. The van der Waals surface area contributed by atoms with Gasteiger partial charge in [-0.25, -0.2) is 0 Å². The molecule has 116 valence electrons. The highest BCUT2D eigenvalue weighted by Gasteiger charge is 2.05. The van der Waals surface area contributed by atoms with E-state index < -0.39 is 0 Å². The number of benzene rings is 1. The quantitative estimate of drug-likeness (QED) is 0.769. The van der Waals surface area contributed by atoms with Crippen LogP contribution in [0.5, 0.6) is 0 Å². The van der Waals surface area contributed by atoms with Crippen LogP contribution in [0.2, 0.25) is 0 Å². The van der Waals surface area contributed by atoms with E-state index in [2.05, 4.69) is 10.6 Å². The van der Waals surface area contributed by atoms with Crippen molar-refractivity contribution in [2.24, 2.45) is 0 Å². The molecule has 0 unspecified atom stereocenters. The normalized spacial score (nSPS) is 10.2. The first-order valence-corrected chi connectivity index (χ1v) is 7.49. The smallest absolute Gasteiger partial charge is 0.251 e. The van der Waals surface area contributed by atoms with Crippen LogP contribution in [0.3, 0.4) is 0 Å². The third kappa shape index (κ3) is 4.48. The van der Waals surface area contributed by atoms with Gasteiger partial charge in [-0.15, -0.1) is 0 Å². The van der Waals surface area contributed by atoms with Gasteiger partial charge in [0.25, 0.3) is 5.91 Å². The van der Waals surface area contributed by atoms with Crippen molar-refractivity contribution in [2.75, 3.05) is 13.1 Å². The molecule has 0 radical (unpaired) electrons. The monoisotopic (exact) mass is 299 g/mol. The van der Waals surface area contributed by atoms with Crippen LogP contribution in [0.1, 0.15) is 30.1 Å². The molecule has 0 saturated heterocycles. The van der Waals surface area contributed by atoms with Gasteiger partial charge in [-0.2, -0.15) is 0 Å². The van der Waals surface area contributed by atoms with Crippen LogP contribution in [-0.2, 0) is 4.79 Å². The van der Waals surface area contributed by atoms with E-state index >= 15 is 0 Å². The van der Waals surface area contributed by atoms with Crippen molar-refractivity contribution in [3.8, 4) is 5.69 Å². The van der Waals surface area contributed by atoms with E-state index in [1.165, 1.54) is 0 Å². The Kier molecular flexibility index (Phi) is 5.77. The third-order valence-corrected chi connectivity index (χ3v) is 3.24. The Morgan fingerprint density at radius 2 is 1.64 bits per heavy atom. The fraction of sp³-hybridized carbons (Fsp3) is 0.294. The van der Waals surface area contributed by atoms with E-state index in [1.807, 2.05) is 48.1 Å². The summed E-state index contributed by atoms with van der Waals surface area (Å²) in [6.07, 6.45) is 5.25. The summed E-state index contributed by atoms with van der Waals surface area (Å²) in [4.78, 5) is 23.3. The molecule has 2 N–H and O–H groups in total. The van der Waals surface area contributed by atoms with Crippen molar-refractivity contribution < 1.29 is 9.59 Å². The average molecular weight is 299 g/mol. The third-order valence-electron chi connectivity index (χ3n) is 3.24. The highest BCUT2D eigenvalue weighted by molar-refractivity contribution is 5.94. The van der Waals surface area contributed by atoms with Crippen LogP contribution < -0.4 is 10.6 Å². The highest BCUT2D eigenvalue weighted by Crippen LogP contribution is 2.09. The maximum Gasteiger partial charge on any atom is 0.251 e. The van der Waals surface area contributed by atoms with E-state index in [0.29, 0.717) is 25.1 Å². The molecule has 1 aromatic carbocycles. The van der Waals surface area contributed by atoms with E-state index in [1.54, 1.807) is 12.1 Å². The van der Waals surface area contributed by atoms with Gasteiger partial charge in [-0.3, -0.25) is 9.59 Å². The molecule has 2 amide bonds. The minimum absolute atomic E-state index is 0.0211. The zero-order valence-corrected chi connectivity index (χ0v) is 12.7. The molecule has 1 aromatic heterocycles. The van der Waals surface area contributed by atoms with Gasteiger partial charge in [-0.1, -0.05) is 6.92 Å². The second-order valence-corrected chi connectivity index (χ2v) is 4.99. The van der Waals surface area contributed by atoms with E-state index in [-0.39, 0.29) is 11.8 Å². The van der Waals surface area contributed by atoms with Gasteiger partial charge in [0.15, 0.2) is 0 Å². The maximum absolute atomic E-state index is 12.0. The lowest BCUT2D eigenvalue weighted by molar-refractivity contribution is -0.121. The van der Waals surface area contributed by atoms with Crippen LogP contribution in [0.4, 0.5) is 0 Å². The number of carbonyl (C=O) groups excluding carboxylic acids is 2. The molecule has 0 spiro atoms. The molecule has 5 nitrogen and oxygen atoms in total. The summed E-state index contributed by atoms with van der Waals surface area (Å²) >= 11 is 0.